The summed E-state index contributed by atoms with van der Waals surface area (Å²) < 4.78 is 0. The molecule has 2 N–H and O–H groups in total. The Balaban J connectivity index is 2.43. The lowest BCUT2D eigenvalue weighted by Gasteiger charge is -2.28. The molecule has 0 spiro atoms. The summed E-state index contributed by atoms with van der Waals surface area (Å²) in [5.74, 6) is 0.461. The Hall–Kier alpha value is -0.770. The first-order chi connectivity index (χ1) is 6.97. The minimum absolute atomic E-state index is 0.226. The van der Waals surface area contributed by atoms with Crippen LogP contribution in [0.4, 0.5) is 4.79 Å². The molecule has 4 nitrogen and oxygen atoms in total. The second-order valence-corrected chi connectivity index (χ2v) is 5.00. The fourth-order valence-electron chi connectivity index (χ4n) is 2.46. The fraction of sp³-hybridized carbons (Fsp3) is 0.909. The topological polar surface area (TPSA) is 60.8 Å². The third-order valence-electron chi connectivity index (χ3n) is 3.21. The van der Waals surface area contributed by atoms with E-state index in [0.717, 1.165) is 25.7 Å². The van der Waals surface area contributed by atoms with Gasteiger partial charge in [-0.3, -0.25) is 0 Å². The first-order valence-corrected chi connectivity index (χ1v) is 5.59. The molecule has 88 valence electrons. The van der Waals surface area contributed by atoms with Crippen LogP contribution in [-0.2, 0) is 0 Å². The van der Waals surface area contributed by atoms with E-state index in [9.17, 15) is 4.79 Å². The van der Waals surface area contributed by atoms with E-state index < -0.39 is 6.09 Å². The molecule has 0 aromatic carbocycles. The van der Waals surface area contributed by atoms with Gasteiger partial charge in [0, 0.05) is 18.7 Å². The van der Waals surface area contributed by atoms with Crippen molar-refractivity contribution >= 4 is 6.09 Å². The number of amides is 1. The van der Waals surface area contributed by atoms with Crippen LogP contribution in [0.5, 0.6) is 0 Å². The lowest BCUT2D eigenvalue weighted by molar-refractivity contribution is 0.117. The third kappa shape index (κ3) is 3.09. The summed E-state index contributed by atoms with van der Waals surface area (Å²) in [4.78, 5) is 12.5. The van der Waals surface area contributed by atoms with Gasteiger partial charge in [-0.2, -0.15) is 0 Å². The van der Waals surface area contributed by atoms with Crippen molar-refractivity contribution in [3.8, 4) is 0 Å². The Bertz CT molecular complexity index is 228. The van der Waals surface area contributed by atoms with Crippen LogP contribution in [0.3, 0.4) is 0 Å². The summed E-state index contributed by atoms with van der Waals surface area (Å²) in [6, 6.07) is 0. The van der Waals surface area contributed by atoms with Crippen LogP contribution in [-0.4, -0.2) is 39.9 Å². The Kier molecular flexibility index (Phi) is 3.97. The number of carbonyl (C=O) groups is 1. The monoisotopic (exact) mass is 215 g/mol. The number of rotatable bonds is 4. The molecular weight excluding hydrogens is 194 g/mol. The average Bonchev–Trinajstić information content (AvgIpc) is 2.41. The van der Waals surface area contributed by atoms with Crippen LogP contribution in [0.25, 0.3) is 0 Å². The van der Waals surface area contributed by atoms with Gasteiger partial charge < -0.3 is 15.1 Å². The van der Waals surface area contributed by atoms with Gasteiger partial charge in [-0.05, 0) is 39.0 Å². The van der Waals surface area contributed by atoms with Gasteiger partial charge in [0.1, 0.15) is 0 Å². The number of unbranched alkanes of at least 4 members (excludes halogenated alkanes) is 1. The van der Waals surface area contributed by atoms with Crippen molar-refractivity contribution in [3.63, 3.8) is 0 Å². The summed E-state index contributed by atoms with van der Waals surface area (Å²) >= 11 is 0. The second kappa shape index (κ2) is 4.84. The minimum Gasteiger partial charge on any atom is -0.465 e. The van der Waals surface area contributed by atoms with Gasteiger partial charge in [0.15, 0.2) is 0 Å². The number of aliphatic hydroxyl groups excluding tert-OH is 1. The summed E-state index contributed by atoms with van der Waals surface area (Å²) in [5.41, 5.74) is -0.226. The van der Waals surface area contributed by atoms with Gasteiger partial charge in [-0.1, -0.05) is 6.42 Å². The predicted molar refractivity (Wildman–Crippen MR) is 57.9 cm³/mol. The molecule has 1 amide bonds. The standard InChI is InChI=1S/C11H21NO3/c1-11(2)7-9(5-3-4-6-13)8-12(11)10(14)15/h9,13H,3-8H2,1-2H3,(H,14,15). The Morgan fingerprint density at radius 3 is 2.60 bits per heavy atom. The minimum atomic E-state index is -0.815. The van der Waals surface area contributed by atoms with Crippen molar-refractivity contribution in [1.82, 2.24) is 4.90 Å². The highest BCUT2D eigenvalue weighted by molar-refractivity contribution is 5.66. The summed E-state index contributed by atoms with van der Waals surface area (Å²) in [6.07, 6.45) is 2.96. The SMILES string of the molecule is CC1(C)CC(CCCCO)CN1C(=O)O. The van der Waals surface area contributed by atoms with Gasteiger partial charge in [0.25, 0.3) is 0 Å². The van der Waals surface area contributed by atoms with E-state index in [1.807, 2.05) is 13.8 Å². The molecule has 0 saturated carbocycles. The van der Waals surface area contributed by atoms with Crippen LogP contribution in [0.1, 0.15) is 39.5 Å². The van der Waals surface area contributed by atoms with Gasteiger partial charge in [-0.25, -0.2) is 4.79 Å². The van der Waals surface area contributed by atoms with Gasteiger partial charge in [-0.15, -0.1) is 0 Å². The molecule has 1 saturated heterocycles. The molecule has 1 aliphatic rings. The largest absolute Gasteiger partial charge is 0.465 e. The zero-order chi connectivity index (χ0) is 11.5. The lowest BCUT2D eigenvalue weighted by atomic mass is 9.93. The quantitative estimate of drug-likeness (QED) is 0.704. The van der Waals surface area contributed by atoms with Crippen molar-refractivity contribution in [2.75, 3.05) is 13.2 Å². The van der Waals surface area contributed by atoms with Crippen molar-refractivity contribution in [1.29, 1.82) is 0 Å². The van der Waals surface area contributed by atoms with E-state index in [-0.39, 0.29) is 12.1 Å². The smallest absolute Gasteiger partial charge is 0.407 e. The molecule has 1 unspecified atom stereocenters. The maximum absolute atomic E-state index is 11.0. The number of hydrogen-bond acceptors (Lipinski definition) is 2. The second-order valence-electron chi connectivity index (χ2n) is 5.00. The molecule has 0 aliphatic carbocycles. The van der Waals surface area contributed by atoms with E-state index >= 15 is 0 Å². The zero-order valence-electron chi connectivity index (χ0n) is 9.57. The average molecular weight is 215 g/mol. The van der Waals surface area contributed by atoms with Gasteiger partial charge >= 0.3 is 6.09 Å². The van der Waals surface area contributed by atoms with E-state index in [0.29, 0.717) is 12.5 Å². The Morgan fingerprint density at radius 1 is 1.47 bits per heavy atom. The summed E-state index contributed by atoms with van der Waals surface area (Å²) in [6.45, 7) is 4.84. The van der Waals surface area contributed by atoms with Crippen molar-refractivity contribution < 1.29 is 15.0 Å². The number of carboxylic acid groups (broad SMARTS) is 1. The van der Waals surface area contributed by atoms with Crippen molar-refractivity contribution in [3.05, 3.63) is 0 Å². The predicted octanol–water partition coefficient (Wildman–Crippen LogP) is 1.93. The van der Waals surface area contributed by atoms with Crippen LogP contribution in [0.15, 0.2) is 0 Å². The first-order valence-electron chi connectivity index (χ1n) is 5.59. The van der Waals surface area contributed by atoms with E-state index in [1.165, 1.54) is 4.90 Å². The first kappa shape index (κ1) is 12.3. The maximum Gasteiger partial charge on any atom is 0.407 e. The highest BCUT2D eigenvalue weighted by Gasteiger charge is 2.40. The van der Waals surface area contributed by atoms with Gasteiger partial charge in [0.2, 0.25) is 0 Å². The van der Waals surface area contributed by atoms with Gasteiger partial charge in [0.05, 0.1) is 0 Å². The molecule has 0 bridgehead atoms. The van der Waals surface area contributed by atoms with E-state index in [4.69, 9.17) is 10.2 Å². The number of likely N-dealkylation sites (tertiary alicyclic amines) is 1. The number of hydrogen-bond donors (Lipinski definition) is 2. The van der Waals surface area contributed by atoms with Crippen LogP contribution in [0.2, 0.25) is 0 Å². The third-order valence-corrected chi connectivity index (χ3v) is 3.21. The Labute approximate surface area is 90.9 Å². The van der Waals surface area contributed by atoms with Crippen molar-refractivity contribution in [2.24, 2.45) is 5.92 Å². The molecule has 15 heavy (non-hydrogen) atoms. The zero-order valence-corrected chi connectivity index (χ0v) is 9.57. The molecule has 1 fully saturated rings. The molecule has 0 aromatic heterocycles. The lowest BCUT2D eigenvalue weighted by Crippen LogP contribution is -2.41. The molecule has 0 aromatic rings. The van der Waals surface area contributed by atoms with Crippen LogP contribution < -0.4 is 0 Å². The maximum atomic E-state index is 11.0. The van der Waals surface area contributed by atoms with E-state index in [1.54, 1.807) is 0 Å². The fourth-order valence-corrected chi connectivity index (χ4v) is 2.46. The van der Waals surface area contributed by atoms with Crippen LogP contribution >= 0.6 is 0 Å². The summed E-state index contributed by atoms with van der Waals surface area (Å²) in [7, 11) is 0. The highest BCUT2D eigenvalue weighted by Crippen LogP contribution is 2.34. The van der Waals surface area contributed by atoms with E-state index in [2.05, 4.69) is 0 Å². The molecule has 4 heteroatoms. The molecule has 1 rings (SSSR count). The normalized spacial score (nSPS) is 24.5. The molecule has 1 atom stereocenters. The number of nitrogens with zero attached hydrogens (tertiary/aromatic N) is 1. The summed E-state index contributed by atoms with van der Waals surface area (Å²) in [5, 5.41) is 17.7. The molecule has 0 radical (unpaired) electrons. The highest BCUT2D eigenvalue weighted by atomic mass is 16.4. The molecule has 1 heterocycles. The van der Waals surface area contributed by atoms with Crippen LogP contribution in [0, 0.1) is 5.92 Å². The molecule has 1 aliphatic heterocycles. The van der Waals surface area contributed by atoms with Crippen molar-refractivity contribution in [2.45, 2.75) is 45.1 Å². The Morgan fingerprint density at radius 2 is 2.13 bits per heavy atom. The number of aliphatic hydroxyl groups is 1. The molecular formula is C11H21NO3.